The average Bonchev–Trinajstić information content (AvgIpc) is 2.07. The monoisotopic (exact) mass is 413 g/mol. The van der Waals surface area contributed by atoms with Gasteiger partial charge in [0.1, 0.15) is 0 Å². The minimum Gasteiger partial charge on any atom is -0.390 e. The van der Waals surface area contributed by atoms with Crippen molar-refractivity contribution in [1.29, 1.82) is 0 Å². The summed E-state index contributed by atoms with van der Waals surface area (Å²) in [6.07, 6.45) is 0.696. The highest BCUT2D eigenvalue weighted by Crippen LogP contribution is 2.34. The molecule has 1 aromatic rings. The molecule has 16 heavy (non-hydrogen) atoms. The molecule has 0 aliphatic carbocycles. The number of hydrogen-bond donors (Lipinski definition) is 2. The molecule has 90 valence electrons. The summed E-state index contributed by atoms with van der Waals surface area (Å²) in [7, 11) is 0. The van der Waals surface area contributed by atoms with Gasteiger partial charge in [0.25, 0.3) is 0 Å². The van der Waals surface area contributed by atoms with Crippen molar-refractivity contribution < 1.29 is 5.11 Å². The van der Waals surface area contributed by atoms with Gasteiger partial charge in [0.2, 0.25) is 0 Å². The van der Waals surface area contributed by atoms with Crippen LogP contribution < -0.4 is 5.32 Å². The molecule has 0 amide bonds. The van der Waals surface area contributed by atoms with E-state index in [9.17, 15) is 5.11 Å². The number of hydrogen-bond acceptors (Lipinski definition) is 2. The third kappa shape index (κ3) is 4.73. The first-order valence-corrected chi connectivity index (χ1v) is 7.28. The van der Waals surface area contributed by atoms with Crippen LogP contribution >= 0.6 is 47.8 Å². The average molecular weight is 416 g/mol. The maximum absolute atomic E-state index is 9.61. The van der Waals surface area contributed by atoms with Crippen LogP contribution in [0, 0.1) is 0 Å². The molecule has 1 rings (SSSR count). The molecule has 0 saturated heterocycles. The van der Waals surface area contributed by atoms with E-state index in [1.54, 1.807) is 13.8 Å². The Morgan fingerprint density at radius 1 is 1.19 bits per heavy atom. The second kappa shape index (κ2) is 5.85. The van der Waals surface area contributed by atoms with Gasteiger partial charge in [-0.3, -0.25) is 0 Å². The number of halogens is 3. The Labute approximate surface area is 121 Å². The molecular formula is C11H14Br3NO. The van der Waals surface area contributed by atoms with Gasteiger partial charge in [-0.05, 0) is 64.3 Å². The van der Waals surface area contributed by atoms with E-state index in [4.69, 9.17) is 0 Å². The van der Waals surface area contributed by atoms with Crippen LogP contribution in [0.5, 0.6) is 0 Å². The fourth-order valence-corrected chi connectivity index (χ4v) is 3.74. The summed E-state index contributed by atoms with van der Waals surface area (Å²) in [6, 6.07) is 3.97. The summed E-state index contributed by atoms with van der Waals surface area (Å²) in [5.41, 5.74) is 0.369. The first kappa shape index (κ1) is 14.5. The van der Waals surface area contributed by atoms with E-state index < -0.39 is 5.60 Å². The number of rotatable bonds is 4. The molecule has 0 fully saturated rings. The third-order valence-electron chi connectivity index (χ3n) is 2.05. The molecule has 0 heterocycles. The molecule has 0 atom stereocenters. The first-order chi connectivity index (χ1) is 7.29. The van der Waals surface area contributed by atoms with Crippen molar-refractivity contribution >= 4 is 53.5 Å². The van der Waals surface area contributed by atoms with E-state index in [-0.39, 0.29) is 0 Å². The zero-order chi connectivity index (χ0) is 12.3. The van der Waals surface area contributed by atoms with E-state index in [1.807, 2.05) is 12.1 Å². The minimum absolute atomic E-state index is 0.638. The van der Waals surface area contributed by atoms with Gasteiger partial charge in [0.15, 0.2) is 0 Å². The van der Waals surface area contributed by atoms with Crippen LogP contribution in [0.25, 0.3) is 0 Å². The van der Waals surface area contributed by atoms with Crippen molar-refractivity contribution in [2.75, 3.05) is 11.9 Å². The van der Waals surface area contributed by atoms with Gasteiger partial charge in [0, 0.05) is 20.0 Å². The number of aliphatic hydroxyl groups is 1. The molecule has 2 N–H and O–H groups in total. The van der Waals surface area contributed by atoms with Crippen LogP contribution in [0.15, 0.2) is 25.6 Å². The van der Waals surface area contributed by atoms with Gasteiger partial charge in [-0.25, -0.2) is 0 Å². The topological polar surface area (TPSA) is 32.3 Å². The molecule has 0 bridgehead atoms. The second-order valence-corrected chi connectivity index (χ2v) is 6.86. The lowest BCUT2D eigenvalue weighted by Crippen LogP contribution is -2.22. The summed E-state index contributed by atoms with van der Waals surface area (Å²) >= 11 is 10.4. The fourth-order valence-electron chi connectivity index (χ4n) is 1.20. The molecule has 2 nitrogen and oxygen atoms in total. The number of nitrogens with one attached hydrogen (secondary N) is 1. The maximum atomic E-state index is 9.61. The Kier molecular flexibility index (Phi) is 5.29. The van der Waals surface area contributed by atoms with E-state index in [2.05, 4.69) is 53.1 Å². The van der Waals surface area contributed by atoms with Gasteiger partial charge < -0.3 is 10.4 Å². The molecule has 0 saturated carbocycles. The van der Waals surface area contributed by atoms with Crippen LogP contribution in [-0.4, -0.2) is 17.3 Å². The van der Waals surface area contributed by atoms with Gasteiger partial charge in [-0.2, -0.15) is 0 Å². The Morgan fingerprint density at radius 2 is 1.69 bits per heavy atom. The Bertz CT molecular complexity index is 351. The van der Waals surface area contributed by atoms with E-state index in [0.29, 0.717) is 6.42 Å². The Hall–Kier alpha value is 0.420. The van der Waals surface area contributed by atoms with Crippen LogP contribution in [0.4, 0.5) is 5.69 Å². The van der Waals surface area contributed by atoms with E-state index >= 15 is 0 Å². The normalized spacial score (nSPS) is 11.6. The van der Waals surface area contributed by atoms with Crippen LogP contribution in [0.1, 0.15) is 20.3 Å². The maximum Gasteiger partial charge on any atom is 0.0629 e. The third-order valence-corrected chi connectivity index (χ3v) is 3.75. The molecule has 0 spiro atoms. The Balaban J connectivity index is 2.68. The lowest BCUT2D eigenvalue weighted by Gasteiger charge is -2.18. The zero-order valence-corrected chi connectivity index (χ0v) is 13.9. The molecule has 1 aromatic carbocycles. The van der Waals surface area contributed by atoms with Crippen LogP contribution in [-0.2, 0) is 0 Å². The summed E-state index contributed by atoms with van der Waals surface area (Å²) in [5, 5.41) is 12.9. The zero-order valence-electron chi connectivity index (χ0n) is 9.15. The predicted molar refractivity (Wildman–Crippen MR) is 78.9 cm³/mol. The summed E-state index contributed by atoms with van der Waals surface area (Å²) in [4.78, 5) is 0. The summed E-state index contributed by atoms with van der Waals surface area (Å²) in [6.45, 7) is 4.34. The SMILES string of the molecule is CC(C)(O)CCNc1c(Br)cc(Br)cc1Br. The lowest BCUT2D eigenvalue weighted by atomic mass is 10.1. The number of benzene rings is 1. The first-order valence-electron chi connectivity index (χ1n) is 4.90. The second-order valence-electron chi connectivity index (χ2n) is 4.23. The standard InChI is InChI=1S/C11H14Br3NO/c1-11(2,16)3-4-15-10-8(13)5-7(12)6-9(10)14/h5-6,15-16H,3-4H2,1-2H3. The lowest BCUT2D eigenvalue weighted by molar-refractivity contribution is 0.0749. The summed E-state index contributed by atoms with van der Waals surface area (Å²) in [5.74, 6) is 0. The highest BCUT2D eigenvalue weighted by atomic mass is 79.9. The molecule has 0 unspecified atom stereocenters. The predicted octanol–water partition coefficient (Wildman–Crippen LogP) is 4.55. The van der Waals surface area contributed by atoms with Crippen molar-refractivity contribution in [1.82, 2.24) is 0 Å². The fraction of sp³-hybridized carbons (Fsp3) is 0.455. The highest BCUT2D eigenvalue weighted by Gasteiger charge is 2.12. The van der Waals surface area contributed by atoms with Crippen molar-refractivity contribution in [3.8, 4) is 0 Å². The van der Waals surface area contributed by atoms with E-state index in [1.165, 1.54) is 0 Å². The Morgan fingerprint density at radius 3 is 2.12 bits per heavy atom. The van der Waals surface area contributed by atoms with Crippen molar-refractivity contribution in [3.63, 3.8) is 0 Å². The summed E-state index contributed by atoms with van der Waals surface area (Å²) < 4.78 is 2.99. The van der Waals surface area contributed by atoms with Crippen molar-refractivity contribution in [3.05, 3.63) is 25.6 Å². The van der Waals surface area contributed by atoms with E-state index in [0.717, 1.165) is 25.7 Å². The molecule has 0 aliphatic rings. The minimum atomic E-state index is -0.638. The van der Waals surface area contributed by atoms with Gasteiger partial charge in [-0.15, -0.1) is 0 Å². The molecule has 0 radical (unpaired) electrons. The van der Waals surface area contributed by atoms with Gasteiger partial charge in [0.05, 0.1) is 11.3 Å². The molecular weight excluding hydrogens is 402 g/mol. The molecule has 5 heteroatoms. The van der Waals surface area contributed by atoms with Gasteiger partial charge in [-0.1, -0.05) is 15.9 Å². The van der Waals surface area contributed by atoms with Crippen molar-refractivity contribution in [2.24, 2.45) is 0 Å². The number of anilines is 1. The highest BCUT2D eigenvalue weighted by molar-refractivity contribution is 9.11. The smallest absolute Gasteiger partial charge is 0.0629 e. The molecule has 0 aliphatic heterocycles. The van der Waals surface area contributed by atoms with Crippen LogP contribution in [0.2, 0.25) is 0 Å². The largest absolute Gasteiger partial charge is 0.390 e. The van der Waals surface area contributed by atoms with Crippen molar-refractivity contribution in [2.45, 2.75) is 25.9 Å². The molecule has 0 aromatic heterocycles. The van der Waals surface area contributed by atoms with Gasteiger partial charge >= 0.3 is 0 Å². The van der Waals surface area contributed by atoms with Crippen LogP contribution in [0.3, 0.4) is 0 Å². The quantitative estimate of drug-likeness (QED) is 0.756.